The lowest BCUT2D eigenvalue weighted by molar-refractivity contribution is -0.229. The molecule has 2 aromatic heterocycles. The zero-order valence-corrected chi connectivity index (χ0v) is 34.7. The molecule has 4 heterocycles. The highest BCUT2D eigenvalue weighted by molar-refractivity contribution is 7.99. The summed E-state index contributed by atoms with van der Waals surface area (Å²) in [5, 5.41) is 10.3. The smallest absolute Gasteiger partial charge is 0.407 e. The molecule has 0 aliphatic carbocycles. The molecule has 2 aliphatic heterocycles. The summed E-state index contributed by atoms with van der Waals surface area (Å²) >= 11 is 8.46. The van der Waals surface area contributed by atoms with E-state index >= 15 is 0 Å². The molecule has 304 valence electrons. The predicted molar refractivity (Wildman–Crippen MR) is 220 cm³/mol. The summed E-state index contributed by atoms with van der Waals surface area (Å²) in [5.74, 6) is 0.657. The lowest BCUT2D eigenvalue weighted by atomic mass is 9.95. The monoisotopic (exact) mass is 818 g/mol. The van der Waals surface area contributed by atoms with Gasteiger partial charge in [-0.05, 0) is 54.0 Å². The molecular weight excluding hydrogens is 768 g/mol. The number of nitrogens with zero attached hydrogens (tertiary/aromatic N) is 4. The largest absolute Gasteiger partial charge is 0.453 e. The van der Waals surface area contributed by atoms with Gasteiger partial charge in [-0.1, -0.05) is 87.8 Å². The standard InChI is InChI=1S/C41H51ClN8O6S/c1-23(2)30(21-55-56-22-43)39(51)49-17-7-8-32(49)37-44-19-31(45-37)27-13-9-25(10-14-27)26-11-15-28(16-12-26)35-36(42)48-38(46-35)33-18-29(57-6)20-50(33)40(52)34(24(3)4)47-41(53)54-5/h9-16,19,22-24,29-30,32-34,43H,7-8,17-18,20-21H2,1-6H3,(H,44,45)(H,46,48)(H,47,53)/t29-,30-,32-,33-,34-/m0/s1. The van der Waals surface area contributed by atoms with Crippen LogP contribution in [-0.2, 0) is 24.1 Å². The van der Waals surface area contributed by atoms with Crippen LogP contribution in [0.25, 0.3) is 33.6 Å². The highest BCUT2D eigenvalue weighted by atomic mass is 35.5. The van der Waals surface area contributed by atoms with E-state index in [0.29, 0.717) is 42.6 Å². The van der Waals surface area contributed by atoms with Crippen molar-refractivity contribution in [2.45, 2.75) is 70.3 Å². The maximum Gasteiger partial charge on any atom is 0.407 e. The van der Waals surface area contributed by atoms with Crippen molar-refractivity contribution in [3.05, 3.63) is 71.5 Å². The zero-order chi connectivity index (χ0) is 40.8. The number of hydrogen-bond acceptors (Lipinski definition) is 10. The Balaban J connectivity index is 1.14. The Bertz CT molecular complexity index is 2020. The molecule has 0 unspecified atom stereocenters. The molecule has 16 heteroatoms. The average molecular weight is 819 g/mol. The van der Waals surface area contributed by atoms with Crippen LogP contribution in [0.1, 0.15) is 70.7 Å². The Morgan fingerprint density at radius 2 is 1.61 bits per heavy atom. The van der Waals surface area contributed by atoms with Crippen LogP contribution < -0.4 is 5.32 Å². The van der Waals surface area contributed by atoms with Gasteiger partial charge in [0.2, 0.25) is 18.2 Å². The minimum Gasteiger partial charge on any atom is -0.453 e. The number of carbonyl (C=O) groups is 3. The van der Waals surface area contributed by atoms with Crippen molar-refractivity contribution < 1.29 is 28.9 Å². The van der Waals surface area contributed by atoms with Gasteiger partial charge in [-0.15, -0.1) is 0 Å². The highest BCUT2D eigenvalue weighted by Gasteiger charge is 2.42. The summed E-state index contributed by atoms with van der Waals surface area (Å²) in [6, 6.07) is 15.0. The van der Waals surface area contributed by atoms with Crippen molar-refractivity contribution in [1.82, 2.24) is 35.1 Å². The van der Waals surface area contributed by atoms with E-state index in [0.717, 1.165) is 46.6 Å². The first-order valence-corrected chi connectivity index (χ1v) is 20.9. The first kappa shape index (κ1) is 41.8. The maximum atomic E-state index is 13.8. The van der Waals surface area contributed by atoms with E-state index in [1.807, 2.05) is 81.4 Å². The van der Waals surface area contributed by atoms with Gasteiger partial charge < -0.3 is 34.7 Å². The molecular formula is C41H51ClN8O6S. The van der Waals surface area contributed by atoms with Crippen molar-refractivity contribution in [3.8, 4) is 33.6 Å². The number of alkyl carbamates (subject to hydrolysis) is 1. The van der Waals surface area contributed by atoms with Gasteiger partial charge in [-0.3, -0.25) is 15.0 Å². The quantitative estimate of drug-likeness (QED) is 0.0308. The van der Waals surface area contributed by atoms with Crippen LogP contribution in [0.3, 0.4) is 0 Å². The summed E-state index contributed by atoms with van der Waals surface area (Å²) in [6.45, 7) is 8.98. The SMILES string of the molecule is COC(=O)N[C@H](C(=O)N1C[C@@H](SC)C[C@H]1c1nc(-c2ccc(-c3ccc(-c4cnc([C@@H]5CCCN5C(=O)[C@@H](COOC=N)C(C)C)[nH]4)cc3)cc2)c(Cl)[nH]1)C(C)C. The van der Waals surface area contributed by atoms with E-state index in [9.17, 15) is 14.4 Å². The van der Waals surface area contributed by atoms with Gasteiger partial charge in [0.05, 0.1) is 37.0 Å². The van der Waals surface area contributed by atoms with Crippen LogP contribution in [0.5, 0.6) is 0 Å². The van der Waals surface area contributed by atoms with Gasteiger partial charge in [0.15, 0.2) is 0 Å². The molecule has 57 heavy (non-hydrogen) atoms. The molecule has 0 bridgehead atoms. The number of carbonyl (C=O) groups excluding carboxylic acids is 3. The van der Waals surface area contributed by atoms with Crippen LogP contribution >= 0.6 is 23.4 Å². The van der Waals surface area contributed by atoms with E-state index in [2.05, 4.69) is 32.3 Å². The molecule has 14 nitrogen and oxygen atoms in total. The fraction of sp³-hybridized carbons (Fsp3) is 0.463. The van der Waals surface area contributed by atoms with E-state index < -0.39 is 18.1 Å². The summed E-state index contributed by atoms with van der Waals surface area (Å²) in [7, 11) is 1.28. The second-order valence-electron chi connectivity index (χ2n) is 15.1. The maximum absolute atomic E-state index is 13.8. The van der Waals surface area contributed by atoms with E-state index in [4.69, 9.17) is 36.6 Å². The number of imidazole rings is 2. The lowest BCUT2D eigenvalue weighted by Gasteiger charge is -2.30. The van der Waals surface area contributed by atoms with Crippen molar-refractivity contribution >= 4 is 47.7 Å². The normalized spacial score (nSPS) is 19.2. The number of halogens is 1. The number of likely N-dealkylation sites (tertiary alicyclic amines) is 2. The minimum atomic E-state index is -0.742. The van der Waals surface area contributed by atoms with E-state index in [1.54, 1.807) is 16.7 Å². The number of methoxy groups -OCH3 is 1. The second kappa shape index (κ2) is 18.6. The van der Waals surface area contributed by atoms with Crippen molar-refractivity contribution in [2.75, 3.05) is 33.1 Å². The Hall–Kier alpha value is -4.86. The summed E-state index contributed by atoms with van der Waals surface area (Å²) in [4.78, 5) is 69.2. The summed E-state index contributed by atoms with van der Waals surface area (Å²) in [6.07, 6.45) is 6.29. The van der Waals surface area contributed by atoms with Gasteiger partial charge >= 0.3 is 6.09 Å². The van der Waals surface area contributed by atoms with E-state index in [-0.39, 0.29) is 47.6 Å². The third-order valence-corrected chi connectivity index (χ3v) is 12.2. The predicted octanol–water partition coefficient (Wildman–Crippen LogP) is 7.66. The second-order valence-corrected chi connectivity index (χ2v) is 16.6. The number of nitrogens with one attached hydrogen (secondary N) is 4. The van der Waals surface area contributed by atoms with Crippen LogP contribution in [0, 0.1) is 23.2 Å². The number of H-pyrrole nitrogens is 2. The fourth-order valence-electron chi connectivity index (χ4n) is 7.61. The molecule has 0 saturated carbocycles. The first-order valence-electron chi connectivity index (χ1n) is 19.2. The minimum absolute atomic E-state index is 0.00715. The van der Waals surface area contributed by atoms with Crippen LogP contribution in [0.4, 0.5) is 4.79 Å². The third-order valence-electron chi connectivity index (χ3n) is 10.9. The molecule has 4 aromatic rings. The van der Waals surface area contributed by atoms with Crippen molar-refractivity contribution in [1.29, 1.82) is 5.41 Å². The zero-order valence-electron chi connectivity index (χ0n) is 33.1. The van der Waals surface area contributed by atoms with Crippen molar-refractivity contribution in [2.24, 2.45) is 17.8 Å². The molecule has 4 N–H and O–H groups in total. The number of hydrogen-bond donors (Lipinski definition) is 4. The van der Waals surface area contributed by atoms with Gasteiger partial charge in [0.1, 0.15) is 35.1 Å². The van der Waals surface area contributed by atoms with Crippen molar-refractivity contribution in [3.63, 3.8) is 0 Å². The number of amides is 3. The number of thioether (sulfide) groups is 1. The highest BCUT2D eigenvalue weighted by Crippen LogP contribution is 2.39. The topological polar surface area (TPSA) is 179 Å². The molecule has 6 rings (SSSR count). The number of rotatable bonds is 15. The van der Waals surface area contributed by atoms with E-state index in [1.165, 1.54) is 7.11 Å². The molecule has 2 fully saturated rings. The number of aromatic amines is 2. The Kier molecular flexibility index (Phi) is 13.6. The van der Waals surface area contributed by atoms with Crippen LogP contribution in [0.15, 0.2) is 54.7 Å². The average Bonchev–Trinajstić information content (AvgIpc) is 4.04. The molecule has 0 radical (unpaired) electrons. The summed E-state index contributed by atoms with van der Waals surface area (Å²) in [5.41, 5.74) is 5.33. The first-order chi connectivity index (χ1) is 27.4. The number of aromatic nitrogens is 4. The van der Waals surface area contributed by atoms with Crippen LogP contribution in [0.2, 0.25) is 5.15 Å². The number of ether oxygens (including phenoxy) is 1. The molecule has 2 aliphatic rings. The Labute approximate surface area is 342 Å². The molecule has 0 spiro atoms. The lowest BCUT2D eigenvalue weighted by Crippen LogP contribution is -2.51. The molecule has 3 amide bonds. The van der Waals surface area contributed by atoms with Gasteiger partial charge in [0.25, 0.3) is 0 Å². The third kappa shape index (κ3) is 9.31. The summed E-state index contributed by atoms with van der Waals surface area (Å²) < 4.78 is 4.79. The Morgan fingerprint density at radius 1 is 0.947 bits per heavy atom. The molecule has 5 atom stereocenters. The van der Waals surface area contributed by atoms with Gasteiger partial charge in [-0.2, -0.15) is 16.6 Å². The van der Waals surface area contributed by atoms with Crippen LogP contribution in [-0.4, -0.2) is 98.4 Å². The Morgan fingerprint density at radius 3 is 2.23 bits per heavy atom. The fourth-order valence-corrected chi connectivity index (χ4v) is 8.54. The molecule has 2 saturated heterocycles. The van der Waals surface area contributed by atoms with Gasteiger partial charge in [-0.25, -0.2) is 14.8 Å². The number of benzene rings is 2. The van der Waals surface area contributed by atoms with Gasteiger partial charge in [0, 0.05) is 23.9 Å². The molecule has 2 aromatic carbocycles.